The maximum atomic E-state index is 12.1. The number of ether oxygens (including phenoxy) is 5. The normalized spacial score (nSPS) is 12.0. The molecule has 0 spiro atoms. The Labute approximate surface area is 393 Å². The zero-order valence-electron chi connectivity index (χ0n) is 34.7. The third-order valence-electron chi connectivity index (χ3n) is 8.31. The standard InChI is InChI=1S/C40H51N5O11S.2Na/c1-5-7-9-30(39(48)49)24-36(46)55-21-19-53-16-14-45(13-15-52-17-18-54-20-22-56-37(47)25-31(40(50)51)10-8-6-2)32-11-12-34(28(3)23-32)43-44-38-33(26-41)29(4)35(27-42)57-38;;/h5-8,11-12,23,30-31H,9-10,13-22,24-25H2,1-4H3,(H,48,49)(H,50,51);;/q;2*+1/p-2/b7-5+,8-6+,44-43?;;. The molecule has 2 unspecified atom stereocenters. The van der Waals surface area contributed by atoms with Crippen LogP contribution in [0.25, 0.3) is 0 Å². The van der Waals surface area contributed by atoms with Crippen molar-refractivity contribution in [3.63, 3.8) is 0 Å². The first kappa shape index (κ1) is 55.5. The third-order valence-corrected chi connectivity index (χ3v) is 9.39. The van der Waals surface area contributed by atoms with Crippen LogP contribution < -0.4 is 74.2 Å². The van der Waals surface area contributed by atoms with Crippen molar-refractivity contribution in [3.8, 4) is 12.1 Å². The maximum absolute atomic E-state index is 12.1. The second-order valence-electron chi connectivity index (χ2n) is 12.4. The first-order valence-electron chi connectivity index (χ1n) is 18.3. The van der Waals surface area contributed by atoms with Crippen LogP contribution >= 0.6 is 11.3 Å². The van der Waals surface area contributed by atoms with Crippen molar-refractivity contribution in [3.05, 3.63) is 64.1 Å². The van der Waals surface area contributed by atoms with Crippen molar-refractivity contribution in [2.24, 2.45) is 22.1 Å². The van der Waals surface area contributed by atoms with Crippen LogP contribution in [0.3, 0.4) is 0 Å². The van der Waals surface area contributed by atoms with E-state index < -0.39 is 35.7 Å². The Balaban J connectivity index is 0.0000168. The topological polar surface area (TPSA) is 236 Å². The number of allylic oxidation sites excluding steroid dienone is 4. The molecule has 2 atom stereocenters. The Kier molecular flexibility index (Phi) is 30.4. The van der Waals surface area contributed by atoms with E-state index in [1.165, 1.54) is 0 Å². The molecular formula is C40H49N5Na2O11S. The van der Waals surface area contributed by atoms with Gasteiger partial charge in [0.1, 0.15) is 30.2 Å². The molecular weight excluding hydrogens is 805 g/mol. The number of azo groups is 1. The number of aryl methyl sites for hydroxylation is 1. The van der Waals surface area contributed by atoms with Gasteiger partial charge in [0.15, 0.2) is 5.00 Å². The molecule has 0 N–H and O–H groups in total. The zero-order chi connectivity index (χ0) is 42.0. The number of rotatable bonds is 28. The molecule has 0 aliphatic heterocycles. The molecule has 308 valence electrons. The number of carboxylic acid groups (broad SMARTS) is 2. The first-order chi connectivity index (χ1) is 27.4. The van der Waals surface area contributed by atoms with Gasteiger partial charge in [-0.05, 0) is 69.9 Å². The fourth-order valence-electron chi connectivity index (χ4n) is 5.07. The SMILES string of the molecule is C/C=C/CC(CC(=O)OCCOCCOCCN(CCOCCOC(=O)CC(C/C=C/C)C(=O)[O-])c1ccc(N=Nc2sc(C#N)c(C)c2C#N)c(C)c1)C(=O)[O-].[Na+].[Na+]. The molecule has 16 nitrogen and oxygen atoms in total. The van der Waals surface area contributed by atoms with Crippen LogP contribution in [0.4, 0.5) is 16.4 Å². The van der Waals surface area contributed by atoms with Gasteiger partial charge in [0.05, 0.1) is 63.7 Å². The molecule has 19 heteroatoms. The Bertz CT molecular complexity index is 1810. The molecule has 1 aromatic heterocycles. The van der Waals surface area contributed by atoms with E-state index in [0.717, 1.165) is 22.6 Å². The number of hydrogen-bond donors (Lipinski definition) is 0. The smallest absolute Gasteiger partial charge is 0.550 e. The summed E-state index contributed by atoms with van der Waals surface area (Å²) in [5, 5.41) is 50.4. The summed E-state index contributed by atoms with van der Waals surface area (Å²) in [6.45, 7) is 9.15. The number of thiophene rings is 1. The minimum atomic E-state index is -1.31. The molecule has 2 aromatic rings. The van der Waals surface area contributed by atoms with Crippen LogP contribution in [0.15, 0.2) is 52.7 Å². The van der Waals surface area contributed by atoms with E-state index in [4.69, 9.17) is 23.7 Å². The molecule has 0 aliphatic carbocycles. The summed E-state index contributed by atoms with van der Waals surface area (Å²) >= 11 is 1.10. The van der Waals surface area contributed by atoms with Crippen molar-refractivity contribution in [1.82, 2.24) is 0 Å². The van der Waals surface area contributed by atoms with Crippen LogP contribution in [0, 0.1) is 48.3 Å². The summed E-state index contributed by atoms with van der Waals surface area (Å²) < 4.78 is 27.2. The number of hydrogen-bond acceptors (Lipinski definition) is 17. The molecule has 0 bridgehead atoms. The Morgan fingerprint density at radius 2 is 1.25 bits per heavy atom. The maximum Gasteiger partial charge on any atom is 1.00 e. The van der Waals surface area contributed by atoms with Gasteiger partial charge in [-0.1, -0.05) is 24.3 Å². The van der Waals surface area contributed by atoms with E-state index in [9.17, 15) is 39.9 Å². The average Bonchev–Trinajstić information content (AvgIpc) is 3.50. The van der Waals surface area contributed by atoms with Gasteiger partial charge in [-0.2, -0.15) is 10.5 Å². The molecule has 0 radical (unpaired) electrons. The number of nitriles is 2. The number of nitrogens with zero attached hydrogens (tertiary/aromatic N) is 5. The van der Waals surface area contributed by atoms with Gasteiger partial charge < -0.3 is 48.4 Å². The monoisotopic (exact) mass is 853 g/mol. The summed E-state index contributed by atoms with van der Waals surface area (Å²) in [7, 11) is 0. The summed E-state index contributed by atoms with van der Waals surface area (Å²) in [5.41, 5.74) is 3.09. The van der Waals surface area contributed by atoms with E-state index in [2.05, 4.69) is 22.4 Å². The summed E-state index contributed by atoms with van der Waals surface area (Å²) in [6, 6.07) is 9.73. The summed E-state index contributed by atoms with van der Waals surface area (Å²) in [6.07, 6.45) is 6.47. The quantitative estimate of drug-likeness (QED) is 0.0294. The van der Waals surface area contributed by atoms with E-state index in [1.807, 2.05) is 24.0 Å². The van der Waals surface area contributed by atoms with E-state index in [0.29, 0.717) is 46.4 Å². The number of benzene rings is 1. The third kappa shape index (κ3) is 21.6. The largest absolute Gasteiger partial charge is 1.00 e. The van der Waals surface area contributed by atoms with Crippen LogP contribution in [0.1, 0.15) is 61.1 Å². The van der Waals surface area contributed by atoms with Gasteiger partial charge in [-0.25, -0.2) is 0 Å². The van der Waals surface area contributed by atoms with Gasteiger partial charge in [0.2, 0.25) is 0 Å². The second kappa shape index (κ2) is 32.3. The molecule has 2 rings (SSSR count). The zero-order valence-corrected chi connectivity index (χ0v) is 39.5. The average molecular weight is 854 g/mol. The number of anilines is 1. The number of carboxylic acids is 2. The van der Waals surface area contributed by atoms with Crippen LogP contribution in [0.5, 0.6) is 0 Å². The minimum absolute atomic E-state index is 0. The van der Waals surface area contributed by atoms with E-state index in [1.54, 1.807) is 51.1 Å². The first-order valence-corrected chi connectivity index (χ1v) is 19.2. The van der Waals surface area contributed by atoms with Crippen LogP contribution in [-0.4, -0.2) is 89.8 Å². The van der Waals surface area contributed by atoms with Crippen molar-refractivity contribution < 1.29 is 112 Å². The molecule has 0 amide bonds. The molecule has 0 saturated carbocycles. The predicted octanol–water partition coefficient (Wildman–Crippen LogP) is -2.08. The molecule has 0 fully saturated rings. The van der Waals surface area contributed by atoms with Gasteiger partial charge in [-0.3, -0.25) is 9.59 Å². The molecule has 1 aromatic carbocycles. The second-order valence-corrected chi connectivity index (χ2v) is 13.4. The number of aliphatic carboxylic acids is 2. The van der Waals surface area contributed by atoms with Crippen molar-refractivity contribution in [1.29, 1.82) is 10.5 Å². The molecule has 0 aliphatic rings. The van der Waals surface area contributed by atoms with E-state index in [-0.39, 0.29) is 131 Å². The predicted molar refractivity (Wildman–Crippen MR) is 206 cm³/mol. The van der Waals surface area contributed by atoms with Gasteiger partial charge in [0, 0.05) is 42.6 Å². The van der Waals surface area contributed by atoms with Crippen LogP contribution in [-0.2, 0) is 42.9 Å². The van der Waals surface area contributed by atoms with Gasteiger partial charge >= 0.3 is 71.1 Å². The number of carbonyl (C=O) groups excluding carboxylic acids is 4. The molecule has 59 heavy (non-hydrogen) atoms. The summed E-state index contributed by atoms with van der Waals surface area (Å²) in [5.74, 6) is -5.85. The molecule has 1 heterocycles. The Morgan fingerprint density at radius 3 is 1.69 bits per heavy atom. The molecule has 0 saturated heterocycles. The minimum Gasteiger partial charge on any atom is -0.550 e. The van der Waals surface area contributed by atoms with Gasteiger partial charge in [-0.15, -0.1) is 21.6 Å². The fraction of sp³-hybridized carbons (Fsp3) is 0.500. The Morgan fingerprint density at radius 1 is 0.763 bits per heavy atom. The van der Waals surface area contributed by atoms with Crippen molar-refractivity contribution in [2.45, 2.75) is 53.4 Å². The van der Waals surface area contributed by atoms with Crippen LogP contribution in [0.2, 0.25) is 0 Å². The summed E-state index contributed by atoms with van der Waals surface area (Å²) in [4.78, 5) is 49.1. The van der Waals surface area contributed by atoms with Crippen molar-refractivity contribution >= 4 is 51.6 Å². The Hall–Kier alpha value is -3.46. The number of esters is 2. The number of carbonyl (C=O) groups is 4. The van der Waals surface area contributed by atoms with Gasteiger partial charge in [0.25, 0.3) is 0 Å². The van der Waals surface area contributed by atoms with E-state index >= 15 is 0 Å². The van der Waals surface area contributed by atoms with Crippen molar-refractivity contribution in [2.75, 3.05) is 70.8 Å². The fourth-order valence-corrected chi connectivity index (χ4v) is 5.95.